The topological polar surface area (TPSA) is 95.9 Å². The predicted molar refractivity (Wildman–Crippen MR) is 94.0 cm³/mol. The Morgan fingerprint density at radius 1 is 1.21 bits per heavy atom. The number of nitrogens with zero attached hydrogens (tertiary/aromatic N) is 1. The number of carbonyl (C=O) groups excluding carboxylic acids is 2. The molecular formula is C19H22F2N2O5. The van der Waals surface area contributed by atoms with Crippen molar-refractivity contribution in [2.45, 2.75) is 50.8 Å². The monoisotopic (exact) mass is 396 g/mol. The van der Waals surface area contributed by atoms with Gasteiger partial charge in [-0.05, 0) is 37.3 Å². The minimum atomic E-state index is -3.08. The van der Waals surface area contributed by atoms with Crippen LogP contribution in [0.1, 0.15) is 42.5 Å². The summed E-state index contributed by atoms with van der Waals surface area (Å²) in [7, 11) is 0. The number of para-hydroxylation sites is 1. The van der Waals surface area contributed by atoms with Gasteiger partial charge in [0.1, 0.15) is 11.8 Å². The van der Waals surface area contributed by atoms with E-state index in [1.54, 1.807) is 0 Å². The van der Waals surface area contributed by atoms with Crippen LogP contribution in [0, 0.1) is 5.92 Å². The number of likely N-dealkylation sites (tertiary alicyclic amines) is 1. The van der Waals surface area contributed by atoms with Gasteiger partial charge in [-0.25, -0.2) is 4.79 Å². The zero-order chi connectivity index (χ0) is 20.3. The number of nitrogens with one attached hydrogen (secondary N) is 1. The third-order valence-corrected chi connectivity index (χ3v) is 5.41. The fraction of sp³-hybridized carbons (Fsp3) is 0.526. The van der Waals surface area contributed by atoms with Crippen LogP contribution in [0.15, 0.2) is 24.3 Å². The molecule has 2 aliphatic rings. The molecule has 2 N–H and O–H groups in total. The van der Waals surface area contributed by atoms with Gasteiger partial charge in [-0.2, -0.15) is 8.78 Å². The molecule has 0 bridgehead atoms. The number of hydrogen-bond donors (Lipinski definition) is 2. The van der Waals surface area contributed by atoms with Crippen LogP contribution in [-0.4, -0.2) is 53.0 Å². The lowest BCUT2D eigenvalue weighted by molar-refractivity contribution is -0.149. The molecule has 3 atom stereocenters. The lowest BCUT2D eigenvalue weighted by atomic mass is 9.85. The van der Waals surface area contributed by atoms with Gasteiger partial charge in [-0.15, -0.1) is 0 Å². The second-order valence-electron chi connectivity index (χ2n) is 7.06. The lowest BCUT2D eigenvalue weighted by Gasteiger charge is -2.33. The van der Waals surface area contributed by atoms with E-state index in [0.717, 1.165) is 25.7 Å². The Labute approximate surface area is 160 Å². The van der Waals surface area contributed by atoms with E-state index in [4.69, 9.17) is 0 Å². The second-order valence-corrected chi connectivity index (χ2v) is 7.06. The van der Waals surface area contributed by atoms with E-state index < -0.39 is 37.0 Å². The van der Waals surface area contributed by atoms with Crippen LogP contribution in [0.4, 0.5) is 8.78 Å². The van der Waals surface area contributed by atoms with Gasteiger partial charge in [-0.1, -0.05) is 25.0 Å². The number of ether oxygens (including phenoxy) is 1. The van der Waals surface area contributed by atoms with E-state index in [0.29, 0.717) is 6.42 Å². The van der Waals surface area contributed by atoms with Gasteiger partial charge in [-0.3, -0.25) is 9.59 Å². The summed E-state index contributed by atoms with van der Waals surface area (Å²) in [5.74, 6) is -2.41. The van der Waals surface area contributed by atoms with Crippen LogP contribution in [0.3, 0.4) is 0 Å². The first-order valence-corrected chi connectivity index (χ1v) is 9.24. The van der Waals surface area contributed by atoms with Crippen LogP contribution in [0.2, 0.25) is 0 Å². The summed E-state index contributed by atoms with van der Waals surface area (Å²) in [6.45, 7) is -3.49. The van der Waals surface area contributed by atoms with Crippen molar-refractivity contribution in [3.63, 3.8) is 0 Å². The molecule has 2 amide bonds. The Morgan fingerprint density at radius 3 is 2.64 bits per heavy atom. The van der Waals surface area contributed by atoms with Gasteiger partial charge in [0.15, 0.2) is 0 Å². The second kappa shape index (κ2) is 8.53. The van der Waals surface area contributed by atoms with E-state index in [-0.39, 0.29) is 23.3 Å². The number of amides is 2. The molecule has 9 heteroatoms. The van der Waals surface area contributed by atoms with Gasteiger partial charge < -0.3 is 20.1 Å². The SMILES string of the molecule is O=C(NCC(=O)N1C(C(=O)O)CC2CCCCC21)c1ccccc1OC(F)F. The number of halogens is 2. The van der Waals surface area contributed by atoms with Crippen molar-refractivity contribution in [1.29, 1.82) is 0 Å². The molecule has 1 aromatic carbocycles. The molecule has 1 aliphatic carbocycles. The Kier molecular flexibility index (Phi) is 6.11. The van der Waals surface area contributed by atoms with Crippen LogP contribution in [0.25, 0.3) is 0 Å². The summed E-state index contributed by atoms with van der Waals surface area (Å²) in [5, 5.41) is 11.9. The minimum Gasteiger partial charge on any atom is -0.480 e. The number of alkyl halides is 2. The largest absolute Gasteiger partial charge is 0.480 e. The first kappa shape index (κ1) is 20.0. The maximum absolute atomic E-state index is 12.7. The Balaban J connectivity index is 1.67. The fourth-order valence-electron chi connectivity index (χ4n) is 4.23. The maximum Gasteiger partial charge on any atom is 0.387 e. The number of rotatable bonds is 6. The molecule has 2 fully saturated rings. The van der Waals surface area contributed by atoms with Crippen molar-refractivity contribution >= 4 is 17.8 Å². The highest BCUT2D eigenvalue weighted by Gasteiger charge is 2.47. The Hall–Kier alpha value is -2.71. The summed E-state index contributed by atoms with van der Waals surface area (Å²) in [5.41, 5.74) is -0.123. The van der Waals surface area contributed by atoms with Crippen LogP contribution < -0.4 is 10.1 Å². The van der Waals surface area contributed by atoms with Gasteiger partial charge in [0.25, 0.3) is 5.91 Å². The number of carboxylic acid groups (broad SMARTS) is 1. The summed E-state index contributed by atoms with van der Waals surface area (Å²) in [4.78, 5) is 38.0. The standard InChI is InChI=1S/C19H22F2N2O5/c20-19(21)28-15-8-4-2-6-12(15)17(25)22-10-16(24)23-13-7-3-1-5-11(13)9-14(23)18(26)27/h2,4,6,8,11,13-14,19H,1,3,5,7,9-10H2,(H,22,25)(H,26,27). The average Bonchev–Trinajstić information content (AvgIpc) is 3.06. The summed E-state index contributed by atoms with van der Waals surface area (Å²) in [6, 6.07) is 4.45. The quantitative estimate of drug-likeness (QED) is 0.769. The zero-order valence-corrected chi connectivity index (χ0v) is 15.1. The molecule has 28 heavy (non-hydrogen) atoms. The zero-order valence-electron chi connectivity index (χ0n) is 15.1. The third-order valence-electron chi connectivity index (χ3n) is 5.41. The molecule has 1 saturated carbocycles. The maximum atomic E-state index is 12.7. The number of hydrogen-bond acceptors (Lipinski definition) is 4. The molecule has 152 valence electrons. The minimum absolute atomic E-state index is 0.123. The van der Waals surface area contributed by atoms with E-state index in [9.17, 15) is 28.3 Å². The smallest absolute Gasteiger partial charge is 0.387 e. The van der Waals surface area contributed by atoms with Crippen molar-refractivity contribution in [3.05, 3.63) is 29.8 Å². The van der Waals surface area contributed by atoms with Crippen LogP contribution >= 0.6 is 0 Å². The molecule has 0 spiro atoms. The van der Waals surface area contributed by atoms with Crippen molar-refractivity contribution in [1.82, 2.24) is 10.2 Å². The third kappa shape index (κ3) is 4.23. The molecule has 3 unspecified atom stereocenters. The van der Waals surface area contributed by atoms with Gasteiger partial charge in [0.2, 0.25) is 5.91 Å². The van der Waals surface area contributed by atoms with Crippen molar-refractivity contribution in [3.8, 4) is 5.75 Å². The van der Waals surface area contributed by atoms with Crippen molar-refractivity contribution in [2.75, 3.05) is 6.54 Å². The molecule has 1 aliphatic heterocycles. The number of carboxylic acids is 1. The van der Waals surface area contributed by atoms with Crippen molar-refractivity contribution in [2.24, 2.45) is 5.92 Å². The highest BCUT2D eigenvalue weighted by atomic mass is 19.3. The van der Waals surface area contributed by atoms with E-state index in [1.165, 1.54) is 29.2 Å². The lowest BCUT2D eigenvalue weighted by Crippen LogP contribution is -2.50. The van der Waals surface area contributed by atoms with Crippen LogP contribution in [-0.2, 0) is 9.59 Å². The first-order chi connectivity index (χ1) is 13.4. The Morgan fingerprint density at radius 2 is 1.93 bits per heavy atom. The molecule has 1 saturated heterocycles. The molecular weight excluding hydrogens is 374 g/mol. The van der Waals surface area contributed by atoms with Gasteiger partial charge in [0.05, 0.1) is 12.1 Å². The summed E-state index contributed by atoms with van der Waals surface area (Å²) >= 11 is 0. The number of carbonyl (C=O) groups is 3. The molecule has 3 rings (SSSR count). The van der Waals surface area contributed by atoms with E-state index >= 15 is 0 Å². The van der Waals surface area contributed by atoms with Gasteiger partial charge in [0, 0.05) is 6.04 Å². The van der Waals surface area contributed by atoms with Crippen molar-refractivity contribution < 1.29 is 33.0 Å². The fourth-order valence-corrected chi connectivity index (χ4v) is 4.23. The highest BCUT2D eigenvalue weighted by Crippen LogP contribution is 2.39. The highest BCUT2D eigenvalue weighted by molar-refractivity contribution is 5.99. The average molecular weight is 396 g/mol. The number of benzene rings is 1. The molecule has 1 heterocycles. The van der Waals surface area contributed by atoms with Gasteiger partial charge >= 0.3 is 12.6 Å². The molecule has 7 nitrogen and oxygen atoms in total. The molecule has 1 aromatic rings. The number of aliphatic carboxylic acids is 1. The normalized spacial score (nSPS) is 24.0. The van der Waals surface area contributed by atoms with E-state index in [1.807, 2.05) is 0 Å². The molecule has 0 radical (unpaired) electrons. The number of fused-ring (bicyclic) bond motifs is 1. The van der Waals surface area contributed by atoms with E-state index in [2.05, 4.69) is 10.1 Å². The molecule has 0 aromatic heterocycles. The summed E-state index contributed by atoms with van der Waals surface area (Å²) in [6.07, 6.45) is 4.02. The first-order valence-electron chi connectivity index (χ1n) is 9.24. The van der Waals surface area contributed by atoms with Crippen LogP contribution in [0.5, 0.6) is 5.75 Å². The summed E-state index contributed by atoms with van der Waals surface area (Å²) < 4.78 is 29.3. The Bertz CT molecular complexity index is 758. The predicted octanol–water partition coefficient (Wildman–Crippen LogP) is 2.26.